The first-order valence-corrected chi connectivity index (χ1v) is 9.52. The second kappa shape index (κ2) is 6.63. The number of allylic oxidation sites excluding steroid dienone is 7. The first-order valence-electron chi connectivity index (χ1n) is 9.52. The Bertz CT molecular complexity index is 962. The van der Waals surface area contributed by atoms with E-state index in [0.717, 1.165) is 31.4 Å². The molecule has 1 unspecified atom stereocenters. The average Bonchev–Trinajstić information content (AvgIpc) is 3.17. The van der Waals surface area contributed by atoms with Gasteiger partial charge in [-0.25, -0.2) is 0 Å². The third-order valence-corrected chi connectivity index (χ3v) is 5.68. The first-order chi connectivity index (χ1) is 13.3. The number of benzene rings is 1. The maximum atomic E-state index is 5.31. The lowest BCUT2D eigenvalue weighted by atomic mass is 9.88. The molecule has 2 aliphatic carbocycles. The minimum Gasteiger partial charge on any atom is -0.416 e. The zero-order valence-electron chi connectivity index (χ0n) is 15.2. The van der Waals surface area contributed by atoms with Crippen LogP contribution in [0.1, 0.15) is 36.0 Å². The molecule has 4 nitrogen and oxygen atoms in total. The molecule has 136 valence electrons. The van der Waals surface area contributed by atoms with Gasteiger partial charge in [-0.1, -0.05) is 36.4 Å². The molecule has 4 aliphatic rings. The van der Waals surface area contributed by atoms with Crippen molar-refractivity contribution in [2.75, 3.05) is 0 Å². The number of nitrogens with two attached hydrogens (primary N) is 1. The summed E-state index contributed by atoms with van der Waals surface area (Å²) in [5.74, 6) is 6.17. The van der Waals surface area contributed by atoms with Crippen LogP contribution in [0.15, 0.2) is 78.0 Å². The molecule has 2 aliphatic heterocycles. The summed E-state index contributed by atoms with van der Waals surface area (Å²) in [6.07, 6.45) is 21.5. The van der Waals surface area contributed by atoms with Gasteiger partial charge in [0, 0.05) is 18.8 Å². The topological polar surface area (TPSA) is 50.5 Å². The molecule has 1 atom stereocenters. The summed E-state index contributed by atoms with van der Waals surface area (Å²) >= 11 is 0. The number of hydrogen-bond acceptors (Lipinski definition) is 4. The lowest BCUT2D eigenvalue weighted by molar-refractivity contribution is 0.212. The van der Waals surface area contributed by atoms with Gasteiger partial charge in [0.05, 0.1) is 5.70 Å². The zero-order valence-corrected chi connectivity index (χ0v) is 15.2. The van der Waals surface area contributed by atoms with E-state index >= 15 is 0 Å². The smallest absolute Gasteiger partial charge is 0.124 e. The molecule has 0 radical (unpaired) electrons. The van der Waals surface area contributed by atoms with Crippen molar-refractivity contribution in [3.8, 4) is 0 Å². The van der Waals surface area contributed by atoms with Crippen LogP contribution >= 0.6 is 0 Å². The number of rotatable bonds is 3. The molecule has 5 rings (SSSR count). The summed E-state index contributed by atoms with van der Waals surface area (Å²) in [7, 11) is 0. The molecule has 0 aromatic heterocycles. The molecule has 0 spiro atoms. The molecular formula is C23H23N3O. The summed E-state index contributed by atoms with van der Waals surface area (Å²) in [6, 6.07) is 6.72. The summed E-state index contributed by atoms with van der Waals surface area (Å²) in [6.45, 7) is 0. The third-order valence-electron chi connectivity index (χ3n) is 5.68. The van der Waals surface area contributed by atoms with Crippen molar-refractivity contribution in [1.82, 2.24) is 10.2 Å². The van der Waals surface area contributed by atoms with Crippen LogP contribution in [0.5, 0.6) is 0 Å². The molecule has 1 aromatic rings. The molecule has 4 heteroatoms. The molecule has 0 fully saturated rings. The predicted molar refractivity (Wildman–Crippen MR) is 108 cm³/mol. The van der Waals surface area contributed by atoms with Crippen LogP contribution in [-0.4, -0.2) is 11.1 Å². The van der Waals surface area contributed by atoms with E-state index < -0.39 is 0 Å². The van der Waals surface area contributed by atoms with Gasteiger partial charge in [-0.3, -0.25) is 0 Å². The lowest BCUT2D eigenvalue weighted by Gasteiger charge is -2.21. The van der Waals surface area contributed by atoms with Gasteiger partial charge in [0.15, 0.2) is 0 Å². The number of nitrogens with one attached hydrogen (secondary N) is 1. The zero-order chi connectivity index (χ0) is 18.2. The summed E-state index contributed by atoms with van der Waals surface area (Å²) in [4.78, 5) is 7.12. The van der Waals surface area contributed by atoms with E-state index in [9.17, 15) is 0 Å². The fourth-order valence-electron chi connectivity index (χ4n) is 4.14. The van der Waals surface area contributed by atoms with Crippen LogP contribution in [0.3, 0.4) is 0 Å². The highest BCUT2D eigenvalue weighted by atomic mass is 16.6. The maximum absolute atomic E-state index is 5.31. The minimum absolute atomic E-state index is 0.257. The Morgan fingerprint density at radius 1 is 1.04 bits per heavy atom. The van der Waals surface area contributed by atoms with Crippen LogP contribution in [0.4, 0.5) is 0 Å². The van der Waals surface area contributed by atoms with Gasteiger partial charge in [0.25, 0.3) is 0 Å². The molecular weight excluding hydrogens is 334 g/mol. The third kappa shape index (κ3) is 3.02. The molecule has 1 aromatic carbocycles. The fraction of sp³-hybridized carbons (Fsp3) is 0.217. The van der Waals surface area contributed by atoms with Gasteiger partial charge in [-0.05, 0) is 65.3 Å². The van der Waals surface area contributed by atoms with Gasteiger partial charge >= 0.3 is 0 Å². The van der Waals surface area contributed by atoms with Crippen LogP contribution in [-0.2, 0) is 11.3 Å². The average molecular weight is 357 g/mol. The van der Waals surface area contributed by atoms with Crippen molar-refractivity contribution < 1.29 is 4.84 Å². The Labute approximate surface area is 159 Å². The van der Waals surface area contributed by atoms with E-state index in [1.165, 1.54) is 33.5 Å². The molecule has 0 saturated carbocycles. The van der Waals surface area contributed by atoms with Crippen LogP contribution < -0.4 is 11.2 Å². The van der Waals surface area contributed by atoms with Crippen molar-refractivity contribution >= 4 is 11.6 Å². The van der Waals surface area contributed by atoms with E-state index in [4.69, 9.17) is 10.7 Å². The highest BCUT2D eigenvalue weighted by molar-refractivity contribution is 5.72. The van der Waals surface area contributed by atoms with Gasteiger partial charge in [0.1, 0.15) is 11.9 Å². The van der Waals surface area contributed by atoms with E-state index in [2.05, 4.69) is 71.2 Å². The monoisotopic (exact) mass is 357 g/mol. The van der Waals surface area contributed by atoms with Crippen molar-refractivity contribution in [1.29, 1.82) is 0 Å². The van der Waals surface area contributed by atoms with Gasteiger partial charge < -0.3 is 15.1 Å². The van der Waals surface area contributed by atoms with Crippen LogP contribution in [0, 0.1) is 0 Å². The number of nitrogens with zero attached hydrogens (tertiary/aromatic N) is 1. The molecule has 0 saturated heterocycles. The van der Waals surface area contributed by atoms with Crippen molar-refractivity contribution in [2.24, 2.45) is 5.90 Å². The molecule has 3 N–H and O–H groups in total. The second-order valence-corrected chi connectivity index (χ2v) is 7.33. The molecule has 0 amide bonds. The Morgan fingerprint density at radius 2 is 1.93 bits per heavy atom. The number of hydrogen-bond donors (Lipinski definition) is 2. The second-order valence-electron chi connectivity index (χ2n) is 7.33. The maximum Gasteiger partial charge on any atom is 0.124 e. The summed E-state index contributed by atoms with van der Waals surface area (Å²) < 4.78 is 0. The van der Waals surface area contributed by atoms with Crippen molar-refractivity contribution in [3.05, 3.63) is 94.7 Å². The standard InChI is InChI=1S/C23H23N3O/c24-27-21-11-10-19-13-18(8-9-20(19)14-21)16-4-6-17(7-5-16)22-15-26-12-2-1-3-23(26)25-22/h1-4,6,8-9,12-15,23,25H,5,7,10-11,24H2. The van der Waals surface area contributed by atoms with Gasteiger partial charge in [-0.15, -0.1) is 0 Å². The van der Waals surface area contributed by atoms with Gasteiger partial charge in [0.2, 0.25) is 0 Å². The summed E-state index contributed by atoms with van der Waals surface area (Å²) in [5.41, 5.74) is 7.93. The summed E-state index contributed by atoms with van der Waals surface area (Å²) in [5, 5.41) is 3.59. The van der Waals surface area contributed by atoms with E-state index in [-0.39, 0.29) is 6.17 Å². The Hall–Kier alpha value is -2.98. The normalized spacial score (nSPS) is 22.9. The molecule has 0 bridgehead atoms. The first kappa shape index (κ1) is 16.2. The quantitative estimate of drug-likeness (QED) is 0.799. The van der Waals surface area contributed by atoms with Crippen molar-refractivity contribution in [3.63, 3.8) is 0 Å². The Morgan fingerprint density at radius 3 is 2.74 bits per heavy atom. The number of aryl methyl sites for hydroxylation is 1. The van der Waals surface area contributed by atoms with Crippen LogP contribution in [0.2, 0.25) is 0 Å². The molecule has 27 heavy (non-hydrogen) atoms. The minimum atomic E-state index is 0.257. The fourth-order valence-corrected chi connectivity index (χ4v) is 4.14. The van der Waals surface area contributed by atoms with Crippen LogP contribution in [0.25, 0.3) is 11.6 Å². The van der Waals surface area contributed by atoms with E-state index in [1.54, 1.807) is 0 Å². The number of fused-ring (bicyclic) bond motifs is 2. The predicted octanol–water partition coefficient (Wildman–Crippen LogP) is 4.12. The SMILES string of the molecule is NOC1=Cc2ccc(C3=CC=C(C4=CN5C=CC=CC5N4)CC3)cc2CC1. The Kier molecular flexibility index (Phi) is 3.98. The lowest BCUT2D eigenvalue weighted by Crippen LogP contribution is -2.32. The van der Waals surface area contributed by atoms with E-state index in [1.807, 2.05) is 6.08 Å². The van der Waals surface area contributed by atoms with E-state index in [0.29, 0.717) is 0 Å². The Balaban J connectivity index is 1.37. The van der Waals surface area contributed by atoms with Gasteiger partial charge in [-0.2, -0.15) is 5.90 Å². The largest absolute Gasteiger partial charge is 0.416 e. The highest BCUT2D eigenvalue weighted by Crippen LogP contribution is 2.33. The highest BCUT2D eigenvalue weighted by Gasteiger charge is 2.24. The van der Waals surface area contributed by atoms with Crippen molar-refractivity contribution in [2.45, 2.75) is 31.8 Å². The molecule has 2 heterocycles.